The third kappa shape index (κ3) is 4.02. The summed E-state index contributed by atoms with van der Waals surface area (Å²) >= 11 is 12.5. The van der Waals surface area contributed by atoms with E-state index >= 15 is 0 Å². The van der Waals surface area contributed by atoms with Gasteiger partial charge in [-0.1, -0.05) is 29.3 Å². The molecule has 1 aliphatic rings. The standard InChI is InChI=1S/C15H20Cl2N2O2/c1-15(2,3)21-14(20)19-8-7-18-9-12(19)13-10(16)5-4-6-11(13)17/h4-6,12,18H,7-9H2,1-3H3/t12-/m0/s1. The van der Waals surface area contributed by atoms with Crippen molar-refractivity contribution in [3.63, 3.8) is 0 Å². The lowest BCUT2D eigenvalue weighted by Gasteiger charge is -2.38. The minimum absolute atomic E-state index is 0.227. The molecule has 0 saturated carbocycles. The fourth-order valence-electron chi connectivity index (χ4n) is 2.33. The first kappa shape index (κ1) is 16.4. The van der Waals surface area contributed by atoms with Gasteiger partial charge in [0.05, 0.1) is 6.04 Å². The number of rotatable bonds is 1. The summed E-state index contributed by atoms with van der Waals surface area (Å²) in [5.74, 6) is 0. The van der Waals surface area contributed by atoms with Gasteiger partial charge >= 0.3 is 6.09 Å². The largest absolute Gasteiger partial charge is 0.444 e. The molecule has 0 radical (unpaired) electrons. The Morgan fingerprint density at radius 2 is 1.95 bits per heavy atom. The van der Waals surface area contributed by atoms with E-state index in [1.165, 1.54) is 0 Å². The molecule has 1 amide bonds. The smallest absolute Gasteiger partial charge is 0.410 e. The summed E-state index contributed by atoms with van der Waals surface area (Å²) in [6.07, 6.45) is -0.343. The SMILES string of the molecule is CC(C)(C)OC(=O)N1CCNC[C@H]1c1c(Cl)cccc1Cl. The molecule has 1 saturated heterocycles. The second-order valence-electron chi connectivity index (χ2n) is 6.03. The fourth-order valence-corrected chi connectivity index (χ4v) is 2.98. The molecule has 0 aliphatic carbocycles. The lowest BCUT2D eigenvalue weighted by molar-refractivity contribution is 0.0118. The summed E-state index contributed by atoms with van der Waals surface area (Å²) in [7, 11) is 0. The zero-order valence-corrected chi connectivity index (χ0v) is 14.0. The molecular weight excluding hydrogens is 311 g/mol. The third-order valence-electron chi connectivity index (χ3n) is 3.20. The normalized spacial score (nSPS) is 19.5. The third-order valence-corrected chi connectivity index (χ3v) is 3.86. The van der Waals surface area contributed by atoms with Crippen LogP contribution < -0.4 is 5.32 Å². The molecule has 1 aromatic rings. The van der Waals surface area contributed by atoms with Gasteiger partial charge < -0.3 is 10.1 Å². The van der Waals surface area contributed by atoms with Crippen LogP contribution in [0.3, 0.4) is 0 Å². The second kappa shape index (κ2) is 6.42. The monoisotopic (exact) mass is 330 g/mol. The maximum Gasteiger partial charge on any atom is 0.410 e. The zero-order chi connectivity index (χ0) is 15.6. The van der Waals surface area contributed by atoms with Crippen molar-refractivity contribution < 1.29 is 9.53 Å². The summed E-state index contributed by atoms with van der Waals surface area (Å²) in [5.41, 5.74) is 0.232. The van der Waals surface area contributed by atoms with Crippen LogP contribution in [0.2, 0.25) is 10.0 Å². The van der Waals surface area contributed by atoms with Crippen molar-refractivity contribution in [2.75, 3.05) is 19.6 Å². The van der Waals surface area contributed by atoms with Crippen molar-refractivity contribution in [1.82, 2.24) is 10.2 Å². The highest BCUT2D eigenvalue weighted by atomic mass is 35.5. The van der Waals surface area contributed by atoms with E-state index in [-0.39, 0.29) is 12.1 Å². The van der Waals surface area contributed by atoms with Gasteiger partial charge in [-0.3, -0.25) is 4.90 Å². The number of nitrogens with zero attached hydrogens (tertiary/aromatic N) is 1. The van der Waals surface area contributed by atoms with E-state index in [0.29, 0.717) is 23.1 Å². The van der Waals surface area contributed by atoms with E-state index in [1.807, 2.05) is 20.8 Å². The highest BCUT2D eigenvalue weighted by Crippen LogP contribution is 2.35. The molecule has 1 aromatic carbocycles. The second-order valence-corrected chi connectivity index (χ2v) is 6.84. The predicted molar refractivity (Wildman–Crippen MR) is 85.0 cm³/mol. The van der Waals surface area contributed by atoms with Crippen LogP contribution in [-0.2, 0) is 4.74 Å². The number of amides is 1. The van der Waals surface area contributed by atoms with Gasteiger partial charge in [0.15, 0.2) is 0 Å². The Bertz CT molecular complexity index is 509. The lowest BCUT2D eigenvalue weighted by Crippen LogP contribution is -2.50. The van der Waals surface area contributed by atoms with Crippen LogP contribution in [0.5, 0.6) is 0 Å². The molecule has 1 atom stereocenters. The van der Waals surface area contributed by atoms with Gasteiger partial charge in [-0.15, -0.1) is 0 Å². The predicted octanol–water partition coefficient (Wildman–Crippen LogP) is 3.87. The summed E-state index contributed by atoms with van der Waals surface area (Å²) in [6.45, 7) is 7.43. The Labute approximate surface area is 135 Å². The van der Waals surface area contributed by atoms with Crippen molar-refractivity contribution in [2.45, 2.75) is 32.4 Å². The van der Waals surface area contributed by atoms with Gasteiger partial charge in [-0.25, -0.2) is 4.79 Å². The van der Waals surface area contributed by atoms with Crippen LogP contribution in [0, 0.1) is 0 Å². The van der Waals surface area contributed by atoms with Gasteiger partial charge in [-0.05, 0) is 32.9 Å². The van der Waals surface area contributed by atoms with E-state index in [2.05, 4.69) is 5.32 Å². The molecule has 0 spiro atoms. The highest BCUT2D eigenvalue weighted by Gasteiger charge is 2.33. The van der Waals surface area contributed by atoms with Crippen molar-refractivity contribution in [3.8, 4) is 0 Å². The number of hydrogen-bond donors (Lipinski definition) is 1. The van der Waals surface area contributed by atoms with Crippen molar-refractivity contribution in [2.24, 2.45) is 0 Å². The van der Waals surface area contributed by atoms with E-state index in [1.54, 1.807) is 23.1 Å². The molecule has 2 rings (SSSR count). The summed E-state index contributed by atoms with van der Waals surface area (Å²) in [5, 5.41) is 4.39. The van der Waals surface area contributed by atoms with Gasteiger partial charge in [0, 0.05) is 35.2 Å². The van der Waals surface area contributed by atoms with Crippen LogP contribution in [0.1, 0.15) is 32.4 Å². The first-order valence-corrected chi connectivity index (χ1v) is 7.69. The summed E-state index contributed by atoms with van der Waals surface area (Å²) < 4.78 is 5.48. The molecule has 0 aromatic heterocycles. The topological polar surface area (TPSA) is 41.6 Å². The van der Waals surface area contributed by atoms with Crippen LogP contribution in [0.15, 0.2) is 18.2 Å². The molecule has 116 valence electrons. The van der Waals surface area contributed by atoms with Gasteiger partial charge in [0.2, 0.25) is 0 Å². The number of halogens is 2. The average molecular weight is 331 g/mol. The van der Waals surface area contributed by atoms with Crippen molar-refractivity contribution in [1.29, 1.82) is 0 Å². The molecule has 21 heavy (non-hydrogen) atoms. The van der Waals surface area contributed by atoms with Gasteiger partial charge in [0.1, 0.15) is 5.60 Å². The summed E-state index contributed by atoms with van der Waals surface area (Å²) in [4.78, 5) is 14.1. The van der Waals surface area contributed by atoms with Crippen LogP contribution in [-0.4, -0.2) is 36.2 Å². The fraction of sp³-hybridized carbons (Fsp3) is 0.533. The Balaban J connectivity index is 2.29. The minimum atomic E-state index is -0.531. The maximum absolute atomic E-state index is 12.4. The molecule has 0 unspecified atom stereocenters. The maximum atomic E-state index is 12.4. The van der Waals surface area contributed by atoms with E-state index in [4.69, 9.17) is 27.9 Å². The van der Waals surface area contributed by atoms with Crippen molar-refractivity contribution >= 4 is 29.3 Å². The Hall–Kier alpha value is -0.970. The number of carbonyl (C=O) groups excluding carboxylic acids is 1. The molecule has 6 heteroatoms. The lowest BCUT2D eigenvalue weighted by atomic mass is 10.0. The molecule has 1 fully saturated rings. The van der Waals surface area contributed by atoms with Crippen LogP contribution in [0.4, 0.5) is 4.79 Å². The number of hydrogen-bond acceptors (Lipinski definition) is 3. The number of nitrogens with one attached hydrogen (secondary N) is 1. The van der Waals surface area contributed by atoms with Crippen molar-refractivity contribution in [3.05, 3.63) is 33.8 Å². The number of carbonyl (C=O) groups is 1. The molecule has 0 bridgehead atoms. The van der Waals surface area contributed by atoms with Gasteiger partial charge in [-0.2, -0.15) is 0 Å². The number of ether oxygens (including phenoxy) is 1. The average Bonchev–Trinajstić information content (AvgIpc) is 2.37. The first-order valence-electron chi connectivity index (χ1n) is 6.94. The number of piperazine rings is 1. The zero-order valence-electron chi connectivity index (χ0n) is 12.5. The highest BCUT2D eigenvalue weighted by molar-refractivity contribution is 6.36. The van der Waals surface area contributed by atoms with Crippen LogP contribution >= 0.6 is 23.2 Å². The minimum Gasteiger partial charge on any atom is -0.444 e. The Kier molecular flexibility index (Phi) is 5.02. The Morgan fingerprint density at radius 1 is 1.33 bits per heavy atom. The quantitative estimate of drug-likeness (QED) is 0.849. The van der Waals surface area contributed by atoms with E-state index < -0.39 is 5.60 Å². The van der Waals surface area contributed by atoms with E-state index in [9.17, 15) is 4.79 Å². The summed E-state index contributed by atoms with van der Waals surface area (Å²) in [6, 6.07) is 5.13. The van der Waals surface area contributed by atoms with Gasteiger partial charge in [0.25, 0.3) is 0 Å². The van der Waals surface area contributed by atoms with E-state index in [0.717, 1.165) is 12.1 Å². The first-order chi connectivity index (χ1) is 9.79. The Morgan fingerprint density at radius 3 is 2.52 bits per heavy atom. The molecule has 1 aliphatic heterocycles. The molecular formula is C15H20Cl2N2O2. The number of benzene rings is 1. The van der Waals surface area contributed by atoms with Crippen LogP contribution in [0.25, 0.3) is 0 Å². The molecule has 4 nitrogen and oxygen atoms in total. The molecule has 1 heterocycles. The molecule has 1 N–H and O–H groups in total.